The Morgan fingerprint density at radius 1 is 0.917 bits per heavy atom. The Bertz CT molecular complexity index is 1850. The number of hydrogen-bond acceptors (Lipinski definition) is 9. The highest BCUT2D eigenvalue weighted by Crippen LogP contribution is 2.29. The third-order valence-electron chi connectivity index (χ3n) is 8.92. The summed E-state index contributed by atoms with van der Waals surface area (Å²) < 4.78 is 2.28. The molecule has 0 unspecified atom stereocenters. The average Bonchev–Trinajstić information content (AvgIpc) is 3.47. The van der Waals surface area contributed by atoms with Crippen LogP contribution in [-0.2, 0) is 35.5 Å². The smallest absolute Gasteiger partial charge is 0.307 e. The lowest BCUT2D eigenvalue weighted by atomic mass is 10.1. The Morgan fingerprint density at radius 3 is 2.38 bits per heavy atom. The van der Waals surface area contributed by atoms with E-state index in [1.807, 2.05) is 53.4 Å². The van der Waals surface area contributed by atoms with Crippen molar-refractivity contribution < 1.29 is 14.7 Å². The SMILES string of the molecule is CCCCc1nc2c(N)nc3ccccc3c2n1CCCN(Cc1ccc(CC(=O)O)cc1)C(=O)CN1CCN(c2ncccn2)CC1. The molecule has 250 valence electrons. The van der Waals surface area contributed by atoms with Crippen LogP contribution in [-0.4, -0.2) is 90.6 Å². The predicted molar refractivity (Wildman–Crippen MR) is 187 cm³/mol. The van der Waals surface area contributed by atoms with E-state index in [0.29, 0.717) is 37.9 Å². The van der Waals surface area contributed by atoms with Gasteiger partial charge in [-0.15, -0.1) is 0 Å². The number of rotatable bonds is 14. The van der Waals surface area contributed by atoms with Crippen molar-refractivity contribution in [1.82, 2.24) is 34.3 Å². The molecule has 12 heteroatoms. The molecule has 1 aliphatic heterocycles. The van der Waals surface area contributed by atoms with Crippen LogP contribution < -0.4 is 10.6 Å². The van der Waals surface area contributed by atoms with E-state index >= 15 is 0 Å². The molecule has 0 spiro atoms. The number of pyridine rings is 1. The van der Waals surface area contributed by atoms with Gasteiger partial charge in [-0.1, -0.05) is 55.8 Å². The van der Waals surface area contributed by atoms with Crippen molar-refractivity contribution in [3.8, 4) is 0 Å². The Morgan fingerprint density at radius 2 is 1.65 bits per heavy atom. The number of hydrogen-bond donors (Lipinski definition) is 2. The number of piperazine rings is 1. The van der Waals surface area contributed by atoms with E-state index < -0.39 is 5.97 Å². The maximum Gasteiger partial charge on any atom is 0.307 e. The molecule has 2 aromatic carbocycles. The van der Waals surface area contributed by atoms with Gasteiger partial charge < -0.3 is 25.2 Å². The highest BCUT2D eigenvalue weighted by atomic mass is 16.4. The molecule has 3 N–H and O–H groups in total. The van der Waals surface area contributed by atoms with E-state index in [4.69, 9.17) is 10.7 Å². The first-order valence-corrected chi connectivity index (χ1v) is 16.7. The molecule has 48 heavy (non-hydrogen) atoms. The highest BCUT2D eigenvalue weighted by Gasteiger charge is 2.24. The number of amides is 1. The van der Waals surface area contributed by atoms with E-state index in [-0.39, 0.29) is 12.3 Å². The molecule has 1 saturated heterocycles. The second-order valence-electron chi connectivity index (χ2n) is 12.4. The molecule has 6 rings (SSSR count). The maximum absolute atomic E-state index is 13.9. The standard InChI is InChI=1S/C36H43N9O3/c1-2-3-10-30-41-33-34(28-8-4-5-9-29(28)40-35(33)37)45(30)18-7-17-44(24-27-13-11-26(12-14-27)23-32(47)48)31(46)25-42-19-21-43(22-20-42)36-38-15-6-16-39-36/h4-6,8-9,11-16H,2-3,7,10,17-25H2,1H3,(H2,37,40)(H,47,48). The number of nitrogen functional groups attached to an aromatic ring is 1. The molecule has 0 aliphatic carbocycles. The zero-order chi connectivity index (χ0) is 33.5. The van der Waals surface area contributed by atoms with Crippen LogP contribution in [0.5, 0.6) is 0 Å². The van der Waals surface area contributed by atoms with Crippen LogP contribution in [0, 0.1) is 0 Å². The Hall–Kier alpha value is -5.10. The fraction of sp³-hybridized carbons (Fsp3) is 0.389. The fourth-order valence-corrected chi connectivity index (χ4v) is 6.39. The van der Waals surface area contributed by atoms with Gasteiger partial charge in [0, 0.05) is 70.0 Å². The molecule has 0 saturated carbocycles. The van der Waals surface area contributed by atoms with Gasteiger partial charge in [0.15, 0.2) is 5.82 Å². The second-order valence-corrected chi connectivity index (χ2v) is 12.4. The monoisotopic (exact) mass is 649 g/mol. The van der Waals surface area contributed by atoms with Gasteiger partial charge in [-0.3, -0.25) is 14.5 Å². The van der Waals surface area contributed by atoms with Crippen molar-refractivity contribution >= 4 is 45.6 Å². The summed E-state index contributed by atoms with van der Waals surface area (Å²) in [4.78, 5) is 49.7. The van der Waals surface area contributed by atoms with E-state index in [2.05, 4.69) is 42.3 Å². The zero-order valence-corrected chi connectivity index (χ0v) is 27.5. The molecule has 1 fully saturated rings. The number of carboxylic acids is 1. The van der Waals surface area contributed by atoms with Crippen molar-refractivity contribution in [3.63, 3.8) is 0 Å². The van der Waals surface area contributed by atoms with Crippen molar-refractivity contribution in [2.24, 2.45) is 0 Å². The topological polar surface area (TPSA) is 147 Å². The number of nitrogens with zero attached hydrogens (tertiary/aromatic N) is 8. The molecule has 1 aliphatic rings. The maximum atomic E-state index is 13.9. The number of carboxylic acid groups (broad SMARTS) is 1. The minimum atomic E-state index is -0.867. The van der Waals surface area contributed by atoms with Gasteiger partial charge in [-0.2, -0.15) is 0 Å². The van der Waals surface area contributed by atoms with Crippen molar-refractivity contribution in [2.45, 2.75) is 52.1 Å². The molecule has 1 amide bonds. The van der Waals surface area contributed by atoms with Crippen LogP contribution in [0.1, 0.15) is 43.1 Å². The molecule has 12 nitrogen and oxygen atoms in total. The van der Waals surface area contributed by atoms with Crippen LogP contribution in [0.2, 0.25) is 0 Å². The first-order chi connectivity index (χ1) is 23.4. The first kappa shape index (κ1) is 32.8. The number of unbranched alkanes of at least 4 members (excludes halogenated alkanes) is 1. The van der Waals surface area contributed by atoms with Crippen LogP contribution >= 0.6 is 0 Å². The summed E-state index contributed by atoms with van der Waals surface area (Å²) in [6.07, 6.45) is 7.10. The lowest BCUT2D eigenvalue weighted by Gasteiger charge is -2.35. The number of anilines is 2. The van der Waals surface area contributed by atoms with Gasteiger partial charge in [-0.05, 0) is 36.1 Å². The summed E-state index contributed by atoms with van der Waals surface area (Å²) in [5.74, 6) is 1.34. The molecule has 4 heterocycles. The van der Waals surface area contributed by atoms with Crippen molar-refractivity contribution in [2.75, 3.05) is 49.9 Å². The van der Waals surface area contributed by atoms with E-state index in [9.17, 15) is 14.7 Å². The summed E-state index contributed by atoms with van der Waals surface area (Å²) in [5, 5.41) is 10.2. The Balaban J connectivity index is 1.19. The van der Waals surface area contributed by atoms with Gasteiger partial charge in [0.1, 0.15) is 11.3 Å². The van der Waals surface area contributed by atoms with Gasteiger partial charge in [0.25, 0.3) is 0 Å². The first-order valence-electron chi connectivity index (χ1n) is 16.7. The molecule has 5 aromatic rings. The third kappa shape index (κ3) is 7.71. The zero-order valence-electron chi connectivity index (χ0n) is 27.5. The number of para-hydroxylation sites is 1. The molecular formula is C36H43N9O3. The third-order valence-corrected chi connectivity index (χ3v) is 8.92. The number of imidazole rings is 1. The summed E-state index contributed by atoms with van der Waals surface area (Å²) in [6, 6.07) is 17.3. The van der Waals surface area contributed by atoms with Crippen LogP contribution in [0.15, 0.2) is 67.0 Å². The second kappa shape index (κ2) is 15.2. The highest BCUT2D eigenvalue weighted by molar-refractivity contribution is 6.06. The fourth-order valence-electron chi connectivity index (χ4n) is 6.39. The Kier molecular flexibility index (Phi) is 10.4. The lowest BCUT2D eigenvalue weighted by Crippen LogP contribution is -2.50. The quantitative estimate of drug-likeness (QED) is 0.180. The molecule has 0 atom stereocenters. The molecule has 0 bridgehead atoms. The number of aryl methyl sites for hydroxylation is 2. The van der Waals surface area contributed by atoms with Gasteiger partial charge >= 0.3 is 5.97 Å². The number of nitrogens with two attached hydrogens (primary N) is 1. The largest absolute Gasteiger partial charge is 0.481 e. The van der Waals surface area contributed by atoms with Crippen LogP contribution in [0.4, 0.5) is 11.8 Å². The number of fused-ring (bicyclic) bond motifs is 3. The number of aromatic nitrogens is 5. The molecule has 3 aromatic heterocycles. The summed E-state index contributed by atoms with van der Waals surface area (Å²) in [7, 11) is 0. The summed E-state index contributed by atoms with van der Waals surface area (Å²) in [6.45, 7) is 7.16. The molecule has 0 radical (unpaired) electrons. The minimum absolute atomic E-state index is 0.0309. The van der Waals surface area contributed by atoms with Gasteiger partial charge in [0.2, 0.25) is 11.9 Å². The normalized spacial score (nSPS) is 13.7. The van der Waals surface area contributed by atoms with E-state index in [1.54, 1.807) is 12.4 Å². The lowest BCUT2D eigenvalue weighted by molar-refractivity contribution is -0.136. The van der Waals surface area contributed by atoms with E-state index in [0.717, 1.165) is 90.7 Å². The number of aliphatic carboxylic acids is 1. The van der Waals surface area contributed by atoms with Gasteiger partial charge in [0.05, 0.1) is 24.0 Å². The summed E-state index contributed by atoms with van der Waals surface area (Å²) in [5.41, 5.74) is 10.7. The van der Waals surface area contributed by atoms with Crippen LogP contribution in [0.3, 0.4) is 0 Å². The van der Waals surface area contributed by atoms with Crippen molar-refractivity contribution in [1.29, 1.82) is 0 Å². The van der Waals surface area contributed by atoms with E-state index in [1.165, 1.54) is 0 Å². The predicted octanol–water partition coefficient (Wildman–Crippen LogP) is 4.17. The minimum Gasteiger partial charge on any atom is -0.481 e. The average molecular weight is 650 g/mol. The number of carbonyl (C=O) groups is 2. The molecular weight excluding hydrogens is 606 g/mol. The Labute approximate surface area is 280 Å². The van der Waals surface area contributed by atoms with Crippen molar-refractivity contribution in [3.05, 3.63) is 83.9 Å². The van der Waals surface area contributed by atoms with Gasteiger partial charge in [-0.25, -0.2) is 19.9 Å². The number of benzene rings is 2. The summed E-state index contributed by atoms with van der Waals surface area (Å²) >= 11 is 0. The van der Waals surface area contributed by atoms with Crippen LogP contribution in [0.25, 0.3) is 21.9 Å². The number of carbonyl (C=O) groups excluding carboxylic acids is 1.